The highest BCUT2D eigenvalue weighted by Gasteiger charge is 2.24. The van der Waals surface area contributed by atoms with Crippen molar-refractivity contribution < 1.29 is 26.4 Å². The van der Waals surface area contributed by atoms with E-state index in [2.05, 4.69) is 10.0 Å². The van der Waals surface area contributed by atoms with Gasteiger partial charge in [0.15, 0.2) is 0 Å². The molecule has 0 heterocycles. The molecule has 0 aliphatic rings. The predicted molar refractivity (Wildman–Crippen MR) is 116 cm³/mol. The third-order valence-corrected chi connectivity index (χ3v) is 7.44. The van der Waals surface area contributed by atoms with Crippen LogP contribution in [0.3, 0.4) is 0 Å². The zero-order chi connectivity index (χ0) is 22.7. The van der Waals surface area contributed by atoms with E-state index >= 15 is 0 Å². The summed E-state index contributed by atoms with van der Waals surface area (Å²) in [6, 6.07) is 8.85. The Morgan fingerprint density at radius 3 is 2.27 bits per heavy atom. The number of hydrogen-bond acceptors (Lipinski definition) is 6. The fourth-order valence-electron chi connectivity index (χ4n) is 2.52. The Kier molecular flexibility index (Phi) is 7.11. The molecule has 0 unspecified atom stereocenters. The summed E-state index contributed by atoms with van der Waals surface area (Å²) in [5.41, 5.74) is 1.60. The van der Waals surface area contributed by atoms with Gasteiger partial charge in [0.1, 0.15) is 10.6 Å². The van der Waals surface area contributed by atoms with Gasteiger partial charge in [-0.3, -0.25) is 9.52 Å². The fourth-order valence-corrected chi connectivity index (χ4v) is 4.30. The van der Waals surface area contributed by atoms with Crippen molar-refractivity contribution in [3.05, 3.63) is 47.5 Å². The number of ether oxygens (including phenoxy) is 1. The molecule has 0 aliphatic heterocycles. The lowest BCUT2D eigenvalue weighted by Crippen LogP contribution is -2.23. The van der Waals surface area contributed by atoms with Gasteiger partial charge in [0.25, 0.3) is 5.91 Å². The van der Waals surface area contributed by atoms with Crippen LogP contribution in [-0.2, 0) is 20.0 Å². The van der Waals surface area contributed by atoms with Gasteiger partial charge in [-0.15, -0.1) is 0 Å². The van der Waals surface area contributed by atoms with Crippen LogP contribution in [-0.4, -0.2) is 54.0 Å². The molecule has 2 N–H and O–H groups in total. The quantitative estimate of drug-likeness (QED) is 0.630. The minimum Gasteiger partial charge on any atom is -0.495 e. The van der Waals surface area contributed by atoms with Crippen LogP contribution in [0.25, 0.3) is 0 Å². The summed E-state index contributed by atoms with van der Waals surface area (Å²) in [5, 5.41) is 2.68. The van der Waals surface area contributed by atoms with Gasteiger partial charge in [0.05, 0.1) is 18.6 Å². The average molecular weight is 456 g/mol. The molecule has 164 valence electrons. The molecule has 9 nitrogen and oxygen atoms in total. The van der Waals surface area contributed by atoms with Crippen LogP contribution >= 0.6 is 0 Å². The van der Waals surface area contributed by atoms with E-state index in [0.717, 1.165) is 4.31 Å². The minimum atomic E-state index is -3.82. The number of rotatable bonds is 8. The van der Waals surface area contributed by atoms with Crippen LogP contribution in [0.1, 0.15) is 22.8 Å². The predicted octanol–water partition coefficient (Wildman–Crippen LogP) is 2.27. The molecule has 0 aromatic heterocycles. The van der Waals surface area contributed by atoms with Gasteiger partial charge in [-0.1, -0.05) is 0 Å². The van der Waals surface area contributed by atoms with E-state index in [-0.39, 0.29) is 22.0 Å². The maximum absolute atomic E-state index is 12.7. The monoisotopic (exact) mass is 455 g/mol. The molecule has 0 aliphatic carbocycles. The molecule has 2 aromatic rings. The third kappa shape index (κ3) is 5.29. The van der Waals surface area contributed by atoms with E-state index in [9.17, 15) is 21.6 Å². The number of anilines is 2. The van der Waals surface area contributed by atoms with Crippen LogP contribution in [0.15, 0.2) is 41.3 Å². The Hall–Kier alpha value is -2.63. The lowest BCUT2D eigenvalue weighted by molar-refractivity contribution is 0.102. The first kappa shape index (κ1) is 23.6. The third-order valence-electron chi connectivity index (χ3n) is 4.31. The van der Waals surface area contributed by atoms with Gasteiger partial charge >= 0.3 is 0 Å². The van der Waals surface area contributed by atoms with Crippen LogP contribution in [0.5, 0.6) is 5.75 Å². The molecule has 0 radical (unpaired) electrons. The summed E-state index contributed by atoms with van der Waals surface area (Å²) in [6.45, 7) is 3.24. The van der Waals surface area contributed by atoms with Crippen molar-refractivity contribution in [3.63, 3.8) is 0 Å². The van der Waals surface area contributed by atoms with Gasteiger partial charge in [-0.25, -0.2) is 21.1 Å². The van der Waals surface area contributed by atoms with Crippen molar-refractivity contribution in [2.75, 3.05) is 37.0 Å². The van der Waals surface area contributed by atoms with Gasteiger partial charge in [0.2, 0.25) is 20.0 Å². The number of methoxy groups -OCH3 is 1. The average Bonchev–Trinajstić information content (AvgIpc) is 2.69. The maximum Gasteiger partial charge on any atom is 0.255 e. The normalized spacial score (nSPS) is 11.9. The van der Waals surface area contributed by atoms with Crippen LogP contribution < -0.4 is 14.8 Å². The second-order valence-electron chi connectivity index (χ2n) is 6.64. The number of nitrogens with zero attached hydrogens (tertiary/aromatic N) is 1. The molecule has 1 amide bonds. The lowest BCUT2D eigenvalue weighted by Gasteiger charge is -2.16. The Labute approximate surface area is 177 Å². The van der Waals surface area contributed by atoms with Crippen LogP contribution in [0.2, 0.25) is 0 Å². The number of amides is 1. The largest absolute Gasteiger partial charge is 0.495 e. The molecule has 30 heavy (non-hydrogen) atoms. The van der Waals surface area contributed by atoms with Crippen molar-refractivity contribution in [2.24, 2.45) is 0 Å². The lowest BCUT2D eigenvalue weighted by atomic mass is 10.1. The summed E-state index contributed by atoms with van der Waals surface area (Å²) in [6.07, 6.45) is 0. The fraction of sp³-hybridized carbons (Fsp3) is 0.316. The molecule has 0 saturated heterocycles. The number of benzene rings is 2. The minimum absolute atomic E-state index is 0.0550. The van der Waals surface area contributed by atoms with Crippen molar-refractivity contribution in [1.29, 1.82) is 0 Å². The van der Waals surface area contributed by atoms with Crippen molar-refractivity contribution in [1.82, 2.24) is 4.31 Å². The molecule has 11 heteroatoms. The molecule has 0 atom stereocenters. The zero-order valence-corrected chi connectivity index (χ0v) is 19.0. The van der Waals surface area contributed by atoms with E-state index in [1.807, 2.05) is 0 Å². The second-order valence-corrected chi connectivity index (χ2v) is 10.8. The maximum atomic E-state index is 12.7. The first-order valence-corrected chi connectivity index (χ1v) is 12.0. The Balaban J connectivity index is 2.31. The Morgan fingerprint density at radius 1 is 1.07 bits per heavy atom. The van der Waals surface area contributed by atoms with E-state index in [1.165, 1.54) is 46.3 Å². The smallest absolute Gasteiger partial charge is 0.255 e. The molecule has 0 fully saturated rings. The van der Waals surface area contributed by atoms with Gasteiger partial charge in [-0.05, 0) is 55.8 Å². The number of carbonyl (C=O) groups excluding carboxylic acids is 1. The molecule has 0 saturated carbocycles. The van der Waals surface area contributed by atoms with Crippen molar-refractivity contribution in [2.45, 2.75) is 18.7 Å². The summed E-state index contributed by atoms with van der Waals surface area (Å²) in [5.74, 6) is -0.446. The van der Waals surface area contributed by atoms with E-state index in [4.69, 9.17) is 4.74 Å². The molecule has 2 rings (SSSR count). The first-order valence-electron chi connectivity index (χ1n) is 8.94. The molecule has 0 spiro atoms. The molecule has 2 aromatic carbocycles. The Bertz CT molecular complexity index is 1160. The molecular weight excluding hydrogens is 430 g/mol. The van der Waals surface area contributed by atoms with Crippen molar-refractivity contribution >= 4 is 37.3 Å². The molecule has 0 bridgehead atoms. The topological polar surface area (TPSA) is 122 Å². The molecular formula is C19H25N3O6S2. The van der Waals surface area contributed by atoms with Crippen LogP contribution in [0, 0.1) is 6.92 Å². The number of nitrogens with one attached hydrogen (secondary N) is 2. The van der Waals surface area contributed by atoms with Crippen molar-refractivity contribution in [3.8, 4) is 5.75 Å². The second kappa shape index (κ2) is 9.02. The van der Waals surface area contributed by atoms with E-state index < -0.39 is 26.0 Å². The Morgan fingerprint density at radius 2 is 1.73 bits per heavy atom. The summed E-state index contributed by atoms with van der Waals surface area (Å²) >= 11 is 0. The SMILES string of the molecule is CCS(=O)(=O)Nc1ccc(NC(=O)c2ccc(OC)c(S(=O)(=O)N(C)C)c2)cc1C. The number of aryl methyl sites for hydroxylation is 1. The van der Waals surface area contributed by atoms with Gasteiger partial charge in [0, 0.05) is 25.3 Å². The standard InChI is InChI=1S/C19H25N3O6S2/c1-6-29(24,25)21-16-9-8-15(11-13(16)2)20-19(23)14-7-10-17(28-5)18(12-14)30(26,27)22(3)4/h7-12,21H,6H2,1-5H3,(H,20,23). The zero-order valence-electron chi connectivity index (χ0n) is 17.4. The van der Waals surface area contributed by atoms with E-state index in [1.54, 1.807) is 25.1 Å². The number of hydrogen-bond donors (Lipinski definition) is 2. The van der Waals surface area contributed by atoms with Gasteiger partial charge in [-0.2, -0.15) is 0 Å². The summed E-state index contributed by atoms with van der Waals surface area (Å²) < 4.78 is 57.1. The highest BCUT2D eigenvalue weighted by molar-refractivity contribution is 7.92. The van der Waals surface area contributed by atoms with Gasteiger partial charge < -0.3 is 10.1 Å². The first-order chi connectivity index (χ1) is 13.9. The van der Waals surface area contributed by atoms with Crippen LogP contribution in [0.4, 0.5) is 11.4 Å². The summed E-state index contributed by atoms with van der Waals surface area (Å²) in [4.78, 5) is 12.5. The highest BCUT2D eigenvalue weighted by Crippen LogP contribution is 2.27. The summed E-state index contributed by atoms with van der Waals surface area (Å²) in [7, 11) is -3.11. The van der Waals surface area contributed by atoms with E-state index in [0.29, 0.717) is 16.9 Å². The number of sulfonamides is 2. The highest BCUT2D eigenvalue weighted by atomic mass is 32.2. The number of carbonyl (C=O) groups is 1.